The molecule has 27 heavy (non-hydrogen) atoms. The Morgan fingerprint density at radius 2 is 1.78 bits per heavy atom. The van der Waals surface area contributed by atoms with Crippen LogP contribution in [0.3, 0.4) is 0 Å². The highest BCUT2D eigenvalue weighted by Gasteiger charge is 2.15. The minimum Gasteiger partial charge on any atom is -0.508 e. The van der Waals surface area contributed by atoms with Crippen LogP contribution in [0.25, 0.3) is 10.8 Å². The maximum absolute atomic E-state index is 12.5. The molecule has 1 aromatic heterocycles. The first-order chi connectivity index (χ1) is 13.0. The predicted octanol–water partition coefficient (Wildman–Crippen LogP) is 2.51. The van der Waals surface area contributed by atoms with E-state index in [1.54, 1.807) is 24.3 Å². The summed E-state index contributed by atoms with van der Waals surface area (Å²) in [5.74, 6) is 0.176. The number of phenolic OH excluding ortho intramolecular Hbond substituents is 1. The maximum atomic E-state index is 12.5. The van der Waals surface area contributed by atoms with Gasteiger partial charge in [-0.2, -0.15) is 5.10 Å². The number of benzene rings is 2. The van der Waals surface area contributed by atoms with Crippen molar-refractivity contribution in [2.24, 2.45) is 0 Å². The summed E-state index contributed by atoms with van der Waals surface area (Å²) < 4.78 is 1.51. The van der Waals surface area contributed by atoms with E-state index in [1.165, 1.54) is 4.68 Å². The van der Waals surface area contributed by atoms with Crippen LogP contribution in [0, 0.1) is 6.92 Å². The molecule has 2 aromatic carbocycles. The van der Waals surface area contributed by atoms with Crippen molar-refractivity contribution in [1.82, 2.24) is 15.1 Å². The number of hydrogen-bond donors (Lipinski definition) is 3. The molecule has 6 heteroatoms. The molecule has 3 aromatic rings. The first-order valence-electron chi connectivity index (χ1n) is 9.14. The molecule has 0 aliphatic heterocycles. The fourth-order valence-corrected chi connectivity index (χ4v) is 3.19. The largest absolute Gasteiger partial charge is 0.508 e. The molecule has 142 valence electrons. The van der Waals surface area contributed by atoms with E-state index in [4.69, 9.17) is 0 Å². The van der Waals surface area contributed by atoms with E-state index in [2.05, 4.69) is 10.4 Å². The second-order valence-electron chi connectivity index (χ2n) is 6.79. The summed E-state index contributed by atoms with van der Waals surface area (Å²) in [5.41, 5.74) is 1.51. The Hall–Kier alpha value is -2.70. The quantitative estimate of drug-likeness (QED) is 0.559. The van der Waals surface area contributed by atoms with Gasteiger partial charge < -0.3 is 15.5 Å². The average molecular weight is 367 g/mol. The molecule has 0 spiro atoms. The lowest BCUT2D eigenvalue weighted by atomic mass is 10.0. The summed E-state index contributed by atoms with van der Waals surface area (Å²) >= 11 is 0. The molecular formula is C21H25N3O3. The highest BCUT2D eigenvalue weighted by atomic mass is 16.3. The Morgan fingerprint density at radius 1 is 1.11 bits per heavy atom. The van der Waals surface area contributed by atoms with Gasteiger partial charge in [-0.05, 0) is 50.6 Å². The van der Waals surface area contributed by atoms with Gasteiger partial charge >= 0.3 is 0 Å². The van der Waals surface area contributed by atoms with Crippen molar-refractivity contribution < 1.29 is 10.2 Å². The van der Waals surface area contributed by atoms with E-state index in [1.807, 2.05) is 38.1 Å². The number of aryl methyl sites for hydroxylation is 2. The average Bonchev–Trinajstić information content (AvgIpc) is 2.68. The van der Waals surface area contributed by atoms with Crippen molar-refractivity contribution in [1.29, 1.82) is 0 Å². The van der Waals surface area contributed by atoms with Crippen molar-refractivity contribution >= 4 is 10.8 Å². The normalized spacial score (nSPS) is 13.6. The molecule has 2 unspecified atom stereocenters. The molecule has 0 saturated carbocycles. The number of aliphatic hydroxyl groups is 1. The van der Waals surface area contributed by atoms with Gasteiger partial charge in [-0.1, -0.05) is 30.3 Å². The first-order valence-corrected chi connectivity index (χ1v) is 9.14. The van der Waals surface area contributed by atoms with Crippen LogP contribution in [0.5, 0.6) is 5.75 Å². The Bertz CT molecular complexity index is 967. The Kier molecular flexibility index (Phi) is 5.88. The molecule has 2 atom stereocenters. The smallest absolute Gasteiger partial charge is 0.274 e. The molecule has 0 radical (unpaired) electrons. The van der Waals surface area contributed by atoms with E-state index >= 15 is 0 Å². The van der Waals surface area contributed by atoms with Gasteiger partial charge in [0, 0.05) is 18.0 Å². The van der Waals surface area contributed by atoms with E-state index in [0.717, 1.165) is 23.1 Å². The molecule has 0 aliphatic rings. The number of aliphatic hydroxyl groups excluding tert-OH is 1. The second-order valence-corrected chi connectivity index (χ2v) is 6.79. The summed E-state index contributed by atoms with van der Waals surface area (Å²) in [7, 11) is 0. The molecule has 0 saturated heterocycles. The fraction of sp³-hybridized carbons (Fsp3) is 0.333. The molecule has 1 heterocycles. The Balaban J connectivity index is 1.57. The third kappa shape index (κ3) is 4.35. The maximum Gasteiger partial charge on any atom is 0.274 e. The highest BCUT2D eigenvalue weighted by molar-refractivity contribution is 5.83. The number of aromatic nitrogens is 2. The molecule has 3 N–H and O–H groups in total. The predicted molar refractivity (Wildman–Crippen MR) is 106 cm³/mol. The third-order valence-corrected chi connectivity index (χ3v) is 4.77. The summed E-state index contributed by atoms with van der Waals surface area (Å²) in [4.78, 5) is 12.5. The number of nitrogens with one attached hydrogen (secondary N) is 1. The van der Waals surface area contributed by atoms with Gasteiger partial charge in [0.1, 0.15) is 5.75 Å². The van der Waals surface area contributed by atoms with Crippen molar-refractivity contribution in [3.8, 4) is 5.75 Å². The van der Waals surface area contributed by atoms with Crippen LogP contribution in [-0.4, -0.2) is 32.6 Å². The van der Waals surface area contributed by atoms with Gasteiger partial charge in [0.25, 0.3) is 5.56 Å². The van der Waals surface area contributed by atoms with Crippen molar-refractivity contribution in [3.63, 3.8) is 0 Å². The highest BCUT2D eigenvalue weighted by Crippen LogP contribution is 2.19. The summed E-state index contributed by atoms with van der Waals surface area (Å²) in [6.07, 6.45) is 0.0477. The van der Waals surface area contributed by atoms with Crippen LogP contribution in [0.4, 0.5) is 0 Å². The summed E-state index contributed by atoms with van der Waals surface area (Å²) in [6, 6.07) is 13.9. The van der Waals surface area contributed by atoms with Crippen LogP contribution in [0.2, 0.25) is 0 Å². The minimum absolute atomic E-state index is 0.0756. The Morgan fingerprint density at radius 3 is 2.48 bits per heavy atom. The van der Waals surface area contributed by atoms with Gasteiger partial charge in [-0.3, -0.25) is 4.79 Å². The van der Waals surface area contributed by atoms with E-state index in [-0.39, 0.29) is 17.4 Å². The molecule has 0 amide bonds. The number of fused-ring (bicyclic) bond motifs is 1. The van der Waals surface area contributed by atoms with Gasteiger partial charge in [0.05, 0.1) is 17.2 Å². The summed E-state index contributed by atoms with van der Waals surface area (Å²) in [6.45, 7) is 4.98. The van der Waals surface area contributed by atoms with Gasteiger partial charge in [-0.25, -0.2) is 4.68 Å². The fourth-order valence-electron chi connectivity index (χ4n) is 3.19. The molecule has 0 bridgehead atoms. The number of rotatable bonds is 7. The number of nitrogens with zero attached hydrogens (tertiary/aromatic N) is 2. The second kappa shape index (κ2) is 8.33. The zero-order valence-corrected chi connectivity index (χ0v) is 15.6. The van der Waals surface area contributed by atoms with Crippen molar-refractivity contribution in [2.45, 2.75) is 39.0 Å². The molecular weight excluding hydrogens is 342 g/mol. The van der Waals surface area contributed by atoms with Crippen LogP contribution in [0.1, 0.15) is 30.7 Å². The zero-order valence-electron chi connectivity index (χ0n) is 15.6. The summed E-state index contributed by atoms with van der Waals surface area (Å²) in [5, 5.41) is 29.0. The van der Waals surface area contributed by atoms with Crippen LogP contribution in [-0.2, 0) is 6.54 Å². The van der Waals surface area contributed by atoms with Crippen molar-refractivity contribution in [3.05, 3.63) is 70.1 Å². The van der Waals surface area contributed by atoms with Gasteiger partial charge in [-0.15, -0.1) is 0 Å². The van der Waals surface area contributed by atoms with Gasteiger partial charge in [0.2, 0.25) is 0 Å². The number of aromatic hydroxyl groups is 1. The minimum atomic E-state index is -0.672. The van der Waals surface area contributed by atoms with Crippen LogP contribution < -0.4 is 10.9 Å². The van der Waals surface area contributed by atoms with Crippen molar-refractivity contribution in [2.75, 3.05) is 6.54 Å². The SMILES string of the molecule is Cc1nn(CCCNC(C)C(O)c2ccc(O)cc2)c(=O)c2ccccc12. The van der Waals surface area contributed by atoms with Crippen LogP contribution in [0.15, 0.2) is 53.3 Å². The monoisotopic (exact) mass is 367 g/mol. The van der Waals surface area contributed by atoms with E-state index in [9.17, 15) is 15.0 Å². The number of hydrogen-bond acceptors (Lipinski definition) is 5. The lowest BCUT2D eigenvalue weighted by molar-refractivity contribution is 0.135. The lowest BCUT2D eigenvalue weighted by Crippen LogP contribution is -2.34. The molecule has 0 fully saturated rings. The van der Waals surface area contributed by atoms with Gasteiger partial charge in [0.15, 0.2) is 0 Å². The van der Waals surface area contributed by atoms with E-state index < -0.39 is 6.10 Å². The molecule has 0 aliphatic carbocycles. The first kappa shape index (κ1) is 19.1. The van der Waals surface area contributed by atoms with E-state index in [0.29, 0.717) is 18.5 Å². The zero-order chi connectivity index (χ0) is 19.4. The molecule has 3 rings (SSSR count). The third-order valence-electron chi connectivity index (χ3n) is 4.77. The topological polar surface area (TPSA) is 87.4 Å². The Labute approximate surface area is 158 Å². The standard InChI is InChI=1S/C21H25N3O3/c1-14-18-6-3-4-7-19(18)21(27)24(23-14)13-5-12-22-15(2)20(26)16-8-10-17(25)11-9-16/h3-4,6-11,15,20,22,25-26H,5,12-13H2,1-2H3. The molecule has 6 nitrogen and oxygen atoms in total. The van der Waals surface area contributed by atoms with Crippen LogP contribution >= 0.6 is 0 Å². The number of phenols is 1. The lowest BCUT2D eigenvalue weighted by Gasteiger charge is -2.21.